The first-order chi connectivity index (χ1) is 13.7. The van der Waals surface area contributed by atoms with E-state index >= 15 is 0 Å². The van der Waals surface area contributed by atoms with Gasteiger partial charge in [0, 0.05) is 35.8 Å². The molecule has 2 aromatic carbocycles. The highest BCUT2D eigenvalue weighted by atomic mass is 16.5. The summed E-state index contributed by atoms with van der Waals surface area (Å²) in [5.74, 6) is 0.984. The molecule has 0 radical (unpaired) electrons. The van der Waals surface area contributed by atoms with E-state index in [1.807, 2.05) is 28.8 Å². The van der Waals surface area contributed by atoms with Gasteiger partial charge >= 0.3 is 0 Å². The molecule has 1 aliphatic rings. The van der Waals surface area contributed by atoms with Gasteiger partial charge in [0.15, 0.2) is 0 Å². The maximum absolute atomic E-state index is 6.04. The fourth-order valence-electron chi connectivity index (χ4n) is 3.81. The van der Waals surface area contributed by atoms with E-state index in [1.165, 1.54) is 0 Å². The maximum atomic E-state index is 6.04. The van der Waals surface area contributed by atoms with Gasteiger partial charge in [-0.1, -0.05) is 18.2 Å². The second kappa shape index (κ2) is 6.69. The number of ether oxygens (including phenoxy) is 2. The minimum absolute atomic E-state index is 0.225. The average Bonchev–Trinajstić information content (AvgIpc) is 3.12. The summed E-state index contributed by atoms with van der Waals surface area (Å²) in [6.45, 7) is 3.22. The largest absolute Gasteiger partial charge is 0.496 e. The molecule has 1 saturated heterocycles. The van der Waals surface area contributed by atoms with E-state index in [0.717, 1.165) is 65.4 Å². The maximum Gasteiger partial charge on any atom is 0.239 e. The van der Waals surface area contributed by atoms with E-state index < -0.39 is 0 Å². The van der Waals surface area contributed by atoms with Gasteiger partial charge in [-0.3, -0.25) is 0 Å². The van der Waals surface area contributed by atoms with Crippen molar-refractivity contribution < 1.29 is 9.47 Å². The zero-order valence-electron chi connectivity index (χ0n) is 15.6. The molecule has 1 aliphatic heterocycles. The van der Waals surface area contributed by atoms with E-state index in [0.29, 0.717) is 0 Å². The van der Waals surface area contributed by atoms with Crippen molar-refractivity contribution in [2.75, 3.05) is 44.0 Å². The first-order valence-electron chi connectivity index (χ1n) is 9.30. The number of nitrogen functional groups attached to an aromatic ring is 1. The molecule has 0 amide bonds. The van der Waals surface area contributed by atoms with Gasteiger partial charge in [-0.25, -0.2) is 9.50 Å². The van der Waals surface area contributed by atoms with Gasteiger partial charge in [-0.15, -0.1) is 5.10 Å². The molecule has 0 aliphatic carbocycles. The Morgan fingerprint density at radius 3 is 2.68 bits per heavy atom. The van der Waals surface area contributed by atoms with E-state index in [4.69, 9.17) is 15.2 Å². The molecule has 0 bridgehead atoms. The van der Waals surface area contributed by atoms with Crippen LogP contribution >= 0.6 is 0 Å². The normalized spacial score (nSPS) is 14.7. The Morgan fingerprint density at radius 1 is 1.04 bits per heavy atom. The van der Waals surface area contributed by atoms with Crippen molar-refractivity contribution in [1.29, 1.82) is 0 Å². The highest BCUT2D eigenvalue weighted by Gasteiger charge is 2.18. The van der Waals surface area contributed by atoms with Crippen LogP contribution in [0.15, 0.2) is 48.5 Å². The monoisotopic (exact) mass is 375 g/mol. The molecular weight excluding hydrogens is 354 g/mol. The third kappa shape index (κ3) is 2.71. The van der Waals surface area contributed by atoms with Crippen LogP contribution in [0.1, 0.15) is 0 Å². The number of anilines is 2. The molecule has 0 saturated carbocycles. The summed E-state index contributed by atoms with van der Waals surface area (Å²) in [4.78, 5) is 6.85. The lowest BCUT2D eigenvalue weighted by Gasteiger charge is -2.29. The molecule has 3 heterocycles. The summed E-state index contributed by atoms with van der Waals surface area (Å²) in [6, 6.07) is 16.4. The van der Waals surface area contributed by atoms with E-state index in [2.05, 4.69) is 39.2 Å². The van der Waals surface area contributed by atoms with Crippen molar-refractivity contribution in [2.45, 2.75) is 0 Å². The fourth-order valence-corrected chi connectivity index (χ4v) is 3.81. The number of nitrogens with zero attached hydrogens (tertiary/aromatic N) is 4. The number of nitrogens with two attached hydrogens (primary N) is 1. The molecule has 0 unspecified atom stereocenters. The number of rotatable bonds is 3. The first-order valence-corrected chi connectivity index (χ1v) is 9.30. The standard InChI is InChI=1S/C21H21N5O2/c1-27-19-13-15(25-8-10-28-11-9-25)6-7-16(19)20-18-12-14-4-2-3-5-17(14)26(18)24-21(22)23-20/h2-7,12-13H,8-11H2,1H3,(H2,22,24). The second-order valence-corrected chi connectivity index (χ2v) is 6.80. The lowest BCUT2D eigenvalue weighted by molar-refractivity contribution is 0.122. The zero-order valence-corrected chi connectivity index (χ0v) is 15.6. The van der Waals surface area contributed by atoms with Gasteiger partial charge in [0.1, 0.15) is 11.4 Å². The van der Waals surface area contributed by atoms with Crippen LogP contribution in [0.5, 0.6) is 5.75 Å². The molecule has 2 aromatic heterocycles. The van der Waals surface area contributed by atoms with Crippen LogP contribution < -0.4 is 15.4 Å². The Morgan fingerprint density at radius 2 is 1.86 bits per heavy atom. The van der Waals surface area contributed by atoms with Crippen LogP contribution in [0.4, 0.5) is 11.6 Å². The second-order valence-electron chi connectivity index (χ2n) is 6.80. The predicted molar refractivity (Wildman–Crippen MR) is 110 cm³/mol. The van der Waals surface area contributed by atoms with E-state index in [9.17, 15) is 0 Å². The summed E-state index contributed by atoms with van der Waals surface area (Å²) < 4.78 is 13.0. The number of benzene rings is 2. The number of aromatic nitrogens is 3. The van der Waals surface area contributed by atoms with Crippen LogP contribution in [0.2, 0.25) is 0 Å². The van der Waals surface area contributed by atoms with E-state index in [1.54, 1.807) is 7.11 Å². The molecule has 7 heteroatoms. The Hall–Kier alpha value is -3.32. The first kappa shape index (κ1) is 16.8. The number of fused-ring (bicyclic) bond motifs is 3. The molecule has 0 spiro atoms. The number of para-hydroxylation sites is 1. The van der Waals surface area contributed by atoms with Crippen LogP contribution in [0.25, 0.3) is 27.7 Å². The van der Waals surface area contributed by atoms with Crippen LogP contribution in [0.3, 0.4) is 0 Å². The summed E-state index contributed by atoms with van der Waals surface area (Å²) in [5.41, 5.74) is 10.7. The predicted octanol–water partition coefficient (Wildman–Crippen LogP) is 2.98. The minimum Gasteiger partial charge on any atom is -0.496 e. The smallest absolute Gasteiger partial charge is 0.239 e. The molecule has 1 fully saturated rings. The topological polar surface area (TPSA) is 77.9 Å². The summed E-state index contributed by atoms with van der Waals surface area (Å²) in [5, 5.41) is 5.51. The van der Waals surface area contributed by atoms with Crippen molar-refractivity contribution in [1.82, 2.24) is 14.6 Å². The van der Waals surface area contributed by atoms with Crippen LogP contribution in [-0.4, -0.2) is 48.0 Å². The van der Waals surface area contributed by atoms with Crippen molar-refractivity contribution >= 4 is 28.1 Å². The third-order valence-electron chi connectivity index (χ3n) is 5.17. The van der Waals surface area contributed by atoms with Crippen LogP contribution in [-0.2, 0) is 4.74 Å². The third-order valence-corrected chi connectivity index (χ3v) is 5.17. The molecule has 28 heavy (non-hydrogen) atoms. The van der Waals surface area contributed by atoms with Crippen LogP contribution in [0, 0.1) is 0 Å². The number of hydrogen-bond acceptors (Lipinski definition) is 6. The van der Waals surface area contributed by atoms with Gasteiger partial charge in [0.25, 0.3) is 0 Å². The minimum atomic E-state index is 0.225. The fraction of sp³-hybridized carbons (Fsp3) is 0.238. The molecule has 7 nitrogen and oxygen atoms in total. The van der Waals surface area contributed by atoms with Crippen molar-refractivity contribution in [3.63, 3.8) is 0 Å². The zero-order chi connectivity index (χ0) is 19.1. The summed E-state index contributed by atoms with van der Waals surface area (Å²) >= 11 is 0. The molecule has 2 N–H and O–H groups in total. The lowest BCUT2D eigenvalue weighted by atomic mass is 10.1. The number of methoxy groups -OCH3 is 1. The molecule has 5 rings (SSSR count). The number of morpholine rings is 1. The van der Waals surface area contributed by atoms with Crippen molar-refractivity contribution in [3.05, 3.63) is 48.5 Å². The van der Waals surface area contributed by atoms with Gasteiger partial charge in [0.2, 0.25) is 5.95 Å². The Kier molecular flexibility index (Phi) is 4.02. The quantitative estimate of drug-likeness (QED) is 0.593. The molecule has 0 atom stereocenters. The number of hydrogen-bond donors (Lipinski definition) is 1. The van der Waals surface area contributed by atoms with Gasteiger partial charge in [0.05, 0.1) is 31.4 Å². The molecule has 142 valence electrons. The van der Waals surface area contributed by atoms with Crippen molar-refractivity contribution in [2.24, 2.45) is 0 Å². The highest BCUT2D eigenvalue weighted by Crippen LogP contribution is 2.36. The van der Waals surface area contributed by atoms with Gasteiger partial charge < -0.3 is 20.1 Å². The summed E-state index contributed by atoms with van der Waals surface area (Å²) in [7, 11) is 1.68. The van der Waals surface area contributed by atoms with Gasteiger partial charge in [-0.2, -0.15) is 0 Å². The average molecular weight is 375 g/mol. The van der Waals surface area contributed by atoms with E-state index in [-0.39, 0.29) is 5.95 Å². The Labute approximate surface area is 162 Å². The Bertz CT molecular complexity index is 1160. The SMILES string of the molecule is COc1cc(N2CCOCC2)ccc1-c1nc(N)nn2c1cc1ccccc12. The molecule has 4 aromatic rings. The van der Waals surface area contributed by atoms with Crippen molar-refractivity contribution in [3.8, 4) is 17.0 Å². The molecular formula is C21H21N5O2. The highest BCUT2D eigenvalue weighted by molar-refractivity contribution is 5.93. The summed E-state index contributed by atoms with van der Waals surface area (Å²) in [6.07, 6.45) is 0. The van der Waals surface area contributed by atoms with Gasteiger partial charge in [-0.05, 0) is 24.3 Å². The lowest BCUT2D eigenvalue weighted by Crippen LogP contribution is -2.36. The Balaban J connectivity index is 1.69.